The normalized spacial score (nSPS) is 15.4. The van der Waals surface area contributed by atoms with Crippen molar-refractivity contribution in [3.8, 4) is 0 Å². The van der Waals surface area contributed by atoms with Gasteiger partial charge in [-0.2, -0.15) is 0 Å². The third-order valence-corrected chi connectivity index (χ3v) is 5.22. The number of hydrogen-bond acceptors (Lipinski definition) is 6. The second-order valence-electron chi connectivity index (χ2n) is 5.39. The highest BCUT2D eigenvalue weighted by molar-refractivity contribution is 7.19. The van der Waals surface area contributed by atoms with Gasteiger partial charge in [-0.25, -0.2) is 4.79 Å². The number of nitrogens with one attached hydrogen (secondary N) is 2. The highest BCUT2D eigenvalue weighted by Gasteiger charge is 2.18. The summed E-state index contributed by atoms with van der Waals surface area (Å²) in [6, 6.07) is 4.47. The molecule has 0 bridgehead atoms. The molecular formula is C14H16Cl2N6OS. The molecule has 0 saturated carbocycles. The zero-order valence-corrected chi connectivity index (χ0v) is 15.3. The Bertz CT molecular complexity index is 732. The average molecular weight is 387 g/mol. The Morgan fingerprint density at radius 2 is 1.88 bits per heavy atom. The van der Waals surface area contributed by atoms with Gasteiger partial charge in [0.25, 0.3) is 0 Å². The van der Waals surface area contributed by atoms with E-state index in [0.29, 0.717) is 20.9 Å². The minimum Gasteiger partial charge on any atom is -0.344 e. The number of carbonyl (C=O) groups excluding carboxylic acids is 1. The largest absolute Gasteiger partial charge is 0.344 e. The number of likely N-dealkylation sites (N-methyl/N-ethyl adjacent to an activating group) is 1. The van der Waals surface area contributed by atoms with Crippen LogP contribution in [0, 0.1) is 0 Å². The smallest absolute Gasteiger partial charge is 0.325 e. The molecule has 1 aliphatic heterocycles. The molecule has 0 radical (unpaired) electrons. The molecule has 7 nitrogen and oxygen atoms in total. The molecule has 3 rings (SSSR count). The van der Waals surface area contributed by atoms with Gasteiger partial charge in [-0.15, -0.1) is 10.2 Å². The second kappa shape index (κ2) is 7.52. The number of benzene rings is 1. The van der Waals surface area contributed by atoms with Gasteiger partial charge in [0.05, 0.1) is 10.0 Å². The summed E-state index contributed by atoms with van der Waals surface area (Å²) in [5.41, 5.74) is 0.547. The summed E-state index contributed by atoms with van der Waals surface area (Å²) in [6.45, 7) is 3.78. The van der Waals surface area contributed by atoms with Gasteiger partial charge in [-0.1, -0.05) is 34.5 Å². The van der Waals surface area contributed by atoms with E-state index in [-0.39, 0.29) is 0 Å². The van der Waals surface area contributed by atoms with Crippen molar-refractivity contribution in [1.29, 1.82) is 0 Å². The summed E-state index contributed by atoms with van der Waals surface area (Å²) in [5, 5.41) is 15.6. The number of rotatable bonds is 3. The molecule has 1 fully saturated rings. The number of anilines is 3. The van der Waals surface area contributed by atoms with Crippen molar-refractivity contribution in [3.05, 3.63) is 28.2 Å². The van der Waals surface area contributed by atoms with Crippen LogP contribution in [0.3, 0.4) is 0 Å². The van der Waals surface area contributed by atoms with Crippen molar-refractivity contribution in [1.82, 2.24) is 15.1 Å². The highest BCUT2D eigenvalue weighted by Crippen LogP contribution is 2.26. The topological polar surface area (TPSA) is 73.4 Å². The van der Waals surface area contributed by atoms with E-state index in [2.05, 4.69) is 37.7 Å². The van der Waals surface area contributed by atoms with E-state index >= 15 is 0 Å². The SMILES string of the molecule is CN1CCN(c2nnc(NC(=O)Nc3ccc(Cl)c(Cl)c3)s2)CC1. The fourth-order valence-electron chi connectivity index (χ4n) is 2.22. The number of urea groups is 1. The molecule has 24 heavy (non-hydrogen) atoms. The number of amides is 2. The summed E-state index contributed by atoms with van der Waals surface area (Å²) in [5.74, 6) is 0. The second-order valence-corrected chi connectivity index (χ2v) is 7.16. The first kappa shape index (κ1) is 17.2. The predicted octanol–water partition coefficient (Wildman–Crippen LogP) is 3.24. The van der Waals surface area contributed by atoms with Gasteiger partial charge in [0.1, 0.15) is 0 Å². The molecule has 10 heteroatoms. The fraction of sp³-hybridized carbons (Fsp3) is 0.357. The van der Waals surface area contributed by atoms with Gasteiger partial charge < -0.3 is 15.1 Å². The molecule has 0 aliphatic carbocycles. The first-order valence-electron chi connectivity index (χ1n) is 7.31. The highest BCUT2D eigenvalue weighted by atomic mass is 35.5. The number of carbonyl (C=O) groups is 1. The van der Waals surface area contributed by atoms with Gasteiger partial charge in [-0.05, 0) is 25.2 Å². The molecule has 128 valence electrons. The van der Waals surface area contributed by atoms with Gasteiger partial charge in [0, 0.05) is 31.9 Å². The first-order chi connectivity index (χ1) is 11.5. The van der Waals surface area contributed by atoms with Crippen LogP contribution in [0.15, 0.2) is 18.2 Å². The molecular weight excluding hydrogens is 371 g/mol. The molecule has 0 unspecified atom stereocenters. The quantitative estimate of drug-likeness (QED) is 0.846. The van der Waals surface area contributed by atoms with Crippen LogP contribution in [-0.4, -0.2) is 54.4 Å². The van der Waals surface area contributed by atoms with Crippen LogP contribution >= 0.6 is 34.5 Å². The van der Waals surface area contributed by atoms with Crippen molar-refractivity contribution >= 4 is 56.5 Å². The van der Waals surface area contributed by atoms with Crippen LogP contribution in [0.2, 0.25) is 10.0 Å². The van der Waals surface area contributed by atoms with Crippen LogP contribution in [0.4, 0.5) is 20.7 Å². The number of halogens is 2. The summed E-state index contributed by atoms with van der Waals surface area (Å²) in [7, 11) is 2.10. The third-order valence-electron chi connectivity index (χ3n) is 3.59. The summed E-state index contributed by atoms with van der Waals surface area (Å²) >= 11 is 13.1. The predicted molar refractivity (Wildman–Crippen MR) is 98.7 cm³/mol. The lowest BCUT2D eigenvalue weighted by atomic mass is 10.3. The van der Waals surface area contributed by atoms with Crippen LogP contribution in [0.5, 0.6) is 0 Å². The van der Waals surface area contributed by atoms with Crippen molar-refractivity contribution in [2.75, 3.05) is 48.8 Å². The number of hydrogen-bond donors (Lipinski definition) is 2. The summed E-state index contributed by atoms with van der Waals surface area (Å²) < 4.78 is 0. The van der Waals surface area contributed by atoms with Gasteiger partial charge in [0.2, 0.25) is 10.3 Å². The number of piperazine rings is 1. The molecule has 1 aliphatic rings. The van der Waals surface area contributed by atoms with Gasteiger partial charge in [0.15, 0.2) is 0 Å². The molecule has 0 spiro atoms. The van der Waals surface area contributed by atoms with Crippen molar-refractivity contribution in [2.24, 2.45) is 0 Å². The van der Waals surface area contributed by atoms with Gasteiger partial charge in [-0.3, -0.25) is 5.32 Å². The van der Waals surface area contributed by atoms with Crippen molar-refractivity contribution < 1.29 is 4.79 Å². The zero-order chi connectivity index (χ0) is 17.1. The van der Waals surface area contributed by atoms with E-state index in [0.717, 1.165) is 31.3 Å². The maximum Gasteiger partial charge on any atom is 0.325 e. The maximum absolute atomic E-state index is 12.0. The fourth-order valence-corrected chi connectivity index (χ4v) is 3.31. The van der Waals surface area contributed by atoms with Crippen LogP contribution < -0.4 is 15.5 Å². The molecule has 1 aromatic carbocycles. The molecule has 1 aromatic heterocycles. The zero-order valence-electron chi connectivity index (χ0n) is 12.9. The summed E-state index contributed by atoms with van der Waals surface area (Å²) in [6.07, 6.45) is 0. The monoisotopic (exact) mass is 386 g/mol. The molecule has 2 amide bonds. The third kappa shape index (κ3) is 4.27. The Hall–Kier alpha value is -1.61. The van der Waals surface area contributed by atoms with E-state index in [1.165, 1.54) is 11.3 Å². The molecule has 2 aromatic rings. The molecule has 2 N–H and O–H groups in total. The maximum atomic E-state index is 12.0. The lowest BCUT2D eigenvalue weighted by Crippen LogP contribution is -2.44. The van der Waals surface area contributed by atoms with Crippen LogP contribution in [0.1, 0.15) is 0 Å². The Labute approximate surface area is 153 Å². The summed E-state index contributed by atoms with van der Waals surface area (Å²) in [4.78, 5) is 16.5. The first-order valence-corrected chi connectivity index (χ1v) is 8.88. The Morgan fingerprint density at radius 3 is 2.58 bits per heavy atom. The van der Waals surface area contributed by atoms with E-state index in [1.807, 2.05) is 0 Å². The van der Waals surface area contributed by atoms with E-state index < -0.39 is 6.03 Å². The minimum atomic E-state index is -0.408. The van der Waals surface area contributed by atoms with Crippen molar-refractivity contribution in [3.63, 3.8) is 0 Å². The van der Waals surface area contributed by atoms with E-state index in [9.17, 15) is 4.79 Å². The Morgan fingerprint density at radius 1 is 1.12 bits per heavy atom. The molecule has 2 heterocycles. The van der Waals surface area contributed by atoms with Crippen molar-refractivity contribution in [2.45, 2.75) is 0 Å². The standard InChI is InChI=1S/C14H16Cl2N6OS/c1-21-4-6-22(7-5-21)14-20-19-13(24-14)18-12(23)17-9-2-3-10(15)11(16)8-9/h2-3,8H,4-7H2,1H3,(H2,17,18,19,23). The lowest BCUT2D eigenvalue weighted by molar-refractivity contribution is 0.262. The Balaban J connectivity index is 1.57. The Kier molecular flexibility index (Phi) is 5.40. The van der Waals surface area contributed by atoms with E-state index in [4.69, 9.17) is 23.2 Å². The molecule has 1 saturated heterocycles. The van der Waals surface area contributed by atoms with Gasteiger partial charge >= 0.3 is 6.03 Å². The molecule has 0 atom stereocenters. The number of nitrogens with zero attached hydrogens (tertiary/aromatic N) is 4. The number of aromatic nitrogens is 2. The average Bonchev–Trinajstić information content (AvgIpc) is 3.00. The lowest BCUT2D eigenvalue weighted by Gasteiger charge is -2.31. The minimum absolute atomic E-state index is 0.378. The van der Waals surface area contributed by atoms with Crippen LogP contribution in [-0.2, 0) is 0 Å². The van der Waals surface area contributed by atoms with E-state index in [1.54, 1.807) is 18.2 Å². The van der Waals surface area contributed by atoms with Crippen LogP contribution in [0.25, 0.3) is 0 Å².